The van der Waals surface area contributed by atoms with E-state index in [0.29, 0.717) is 27.0 Å². The Balaban J connectivity index is 1.56. The highest BCUT2D eigenvalue weighted by Gasteiger charge is 2.35. The predicted molar refractivity (Wildman–Crippen MR) is 190 cm³/mol. The summed E-state index contributed by atoms with van der Waals surface area (Å²) in [5, 5.41) is 3.87. The molecule has 0 spiro atoms. The Labute approximate surface area is 292 Å². The van der Waals surface area contributed by atoms with E-state index < -0.39 is 28.5 Å². The van der Waals surface area contributed by atoms with Gasteiger partial charge in [0.05, 0.1) is 27.7 Å². The maximum absolute atomic E-state index is 14.7. The molecule has 4 aromatic carbocycles. The van der Waals surface area contributed by atoms with E-state index in [1.54, 1.807) is 60.7 Å². The van der Waals surface area contributed by atoms with Crippen molar-refractivity contribution in [1.82, 2.24) is 10.2 Å². The van der Waals surface area contributed by atoms with E-state index in [-0.39, 0.29) is 29.8 Å². The van der Waals surface area contributed by atoms with Gasteiger partial charge >= 0.3 is 0 Å². The molecule has 0 saturated heterocycles. The standard InChI is InChI=1S/C37H39Cl2N3O5S/c1-47-31-18-20-32(21-19-31)48(45,46)42(30-15-9-4-10-16-30)26-36(43)41(25-28-17-22-33(38)34(39)23-28)35(24-27-11-5-2-6-12-27)37(44)40-29-13-7-3-8-14-29/h2,4-6,9-12,15-23,29,35H,3,7-8,13-14,24-26H2,1H3,(H,40,44). The van der Waals surface area contributed by atoms with E-state index >= 15 is 0 Å². The van der Waals surface area contributed by atoms with Crippen molar-refractivity contribution in [3.8, 4) is 5.75 Å². The number of carbonyl (C=O) groups is 2. The minimum absolute atomic E-state index is 0.00252. The van der Waals surface area contributed by atoms with Crippen LogP contribution >= 0.6 is 23.2 Å². The minimum Gasteiger partial charge on any atom is -0.497 e. The maximum Gasteiger partial charge on any atom is 0.264 e. The molecular weight excluding hydrogens is 669 g/mol. The lowest BCUT2D eigenvalue weighted by Crippen LogP contribution is -2.55. The van der Waals surface area contributed by atoms with Crippen molar-refractivity contribution >= 4 is 50.7 Å². The molecule has 0 heterocycles. The Bertz CT molecular complexity index is 1790. The van der Waals surface area contributed by atoms with E-state index in [4.69, 9.17) is 27.9 Å². The Kier molecular flexibility index (Phi) is 12.0. The second-order valence-electron chi connectivity index (χ2n) is 11.8. The molecule has 5 rings (SSSR count). The molecule has 1 fully saturated rings. The number of sulfonamides is 1. The third kappa shape index (κ3) is 8.89. The van der Waals surface area contributed by atoms with Crippen molar-refractivity contribution in [3.63, 3.8) is 0 Å². The van der Waals surface area contributed by atoms with Crippen molar-refractivity contribution in [3.05, 3.63) is 124 Å². The Morgan fingerprint density at radius 3 is 2.10 bits per heavy atom. The summed E-state index contributed by atoms with van der Waals surface area (Å²) in [6.45, 7) is -0.557. The first kappa shape index (κ1) is 35.3. The third-order valence-electron chi connectivity index (χ3n) is 8.53. The van der Waals surface area contributed by atoms with Gasteiger partial charge in [0.15, 0.2) is 0 Å². The summed E-state index contributed by atoms with van der Waals surface area (Å²) >= 11 is 12.6. The fourth-order valence-electron chi connectivity index (χ4n) is 5.93. The molecule has 11 heteroatoms. The normalized spacial score (nSPS) is 14.1. The second kappa shape index (κ2) is 16.4. The number of anilines is 1. The molecule has 2 amide bonds. The average Bonchev–Trinajstić information content (AvgIpc) is 3.11. The van der Waals surface area contributed by atoms with Crippen LogP contribution in [0, 0.1) is 0 Å². The highest BCUT2D eigenvalue weighted by molar-refractivity contribution is 7.92. The molecule has 8 nitrogen and oxygen atoms in total. The van der Waals surface area contributed by atoms with Crippen LogP contribution in [-0.2, 0) is 32.6 Å². The average molecular weight is 709 g/mol. The van der Waals surface area contributed by atoms with Crippen LogP contribution in [0.5, 0.6) is 5.75 Å². The molecule has 0 bridgehead atoms. The van der Waals surface area contributed by atoms with Gasteiger partial charge in [0.1, 0.15) is 18.3 Å². The van der Waals surface area contributed by atoms with Crippen LogP contribution in [0.3, 0.4) is 0 Å². The van der Waals surface area contributed by atoms with Gasteiger partial charge in [0.2, 0.25) is 11.8 Å². The van der Waals surface area contributed by atoms with Crippen molar-refractivity contribution < 1.29 is 22.7 Å². The van der Waals surface area contributed by atoms with Crippen molar-refractivity contribution in [2.24, 2.45) is 0 Å². The lowest BCUT2D eigenvalue weighted by molar-refractivity contribution is -0.140. The lowest BCUT2D eigenvalue weighted by atomic mass is 9.94. The fraction of sp³-hybridized carbons (Fsp3) is 0.297. The molecule has 1 aliphatic carbocycles. The molecule has 0 radical (unpaired) electrons. The Morgan fingerprint density at radius 2 is 1.48 bits per heavy atom. The van der Waals surface area contributed by atoms with Crippen LogP contribution in [0.4, 0.5) is 5.69 Å². The number of methoxy groups -OCH3 is 1. The number of nitrogens with zero attached hydrogens (tertiary/aromatic N) is 2. The zero-order valence-electron chi connectivity index (χ0n) is 26.7. The van der Waals surface area contributed by atoms with Gasteiger partial charge in [-0.25, -0.2) is 8.42 Å². The number of rotatable bonds is 13. The first-order valence-electron chi connectivity index (χ1n) is 16.0. The molecule has 1 saturated carbocycles. The van der Waals surface area contributed by atoms with Gasteiger partial charge < -0.3 is 15.0 Å². The second-order valence-corrected chi connectivity index (χ2v) is 14.5. The van der Waals surface area contributed by atoms with Gasteiger partial charge in [-0.15, -0.1) is 0 Å². The van der Waals surface area contributed by atoms with E-state index in [1.807, 2.05) is 30.3 Å². The molecule has 48 heavy (non-hydrogen) atoms. The monoisotopic (exact) mass is 707 g/mol. The van der Waals surface area contributed by atoms with Gasteiger partial charge in [-0.2, -0.15) is 0 Å². The van der Waals surface area contributed by atoms with Crippen molar-refractivity contribution in [2.45, 2.75) is 62.0 Å². The molecule has 252 valence electrons. The van der Waals surface area contributed by atoms with E-state index in [0.717, 1.165) is 42.0 Å². The van der Waals surface area contributed by atoms with E-state index in [1.165, 1.54) is 24.1 Å². The van der Waals surface area contributed by atoms with Gasteiger partial charge in [-0.1, -0.05) is 97.1 Å². The lowest BCUT2D eigenvalue weighted by Gasteiger charge is -2.35. The largest absolute Gasteiger partial charge is 0.497 e. The summed E-state index contributed by atoms with van der Waals surface area (Å²) < 4.78 is 34.7. The van der Waals surface area contributed by atoms with Crippen LogP contribution in [0.25, 0.3) is 0 Å². The molecule has 1 N–H and O–H groups in total. The zero-order valence-corrected chi connectivity index (χ0v) is 29.1. The molecule has 0 aliphatic heterocycles. The van der Waals surface area contributed by atoms with Crippen molar-refractivity contribution in [1.29, 1.82) is 0 Å². The predicted octanol–water partition coefficient (Wildman–Crippen LogP) is 7.29. The SMILES string of the molecule is COc1ccc(S(=O)(=O)N(CC(=O)N(Cc2ccc(Cl)c(Cl)c2)C(Cc2ccccc2)C(=O)NC2CCCCC2)c2ccccc2)cc1. The summed E-state index contributed by atoms with van der Waals surface area (Å²) in [6.07, 6.45) is 5.13. The van der Waals surface area contributed by atoms with E-state index in [9.17, 15) is 18.0 Å². The van der Waals surface area contributed by atoms with Crippen LogP contribution in [-0.4, -0.2) is 50.9 Å². The molecule has 1 unspecified atom stereocenters. The maximum atomic E-state index is 14.7. The topological polar surface area (TPSA) is 96.0 Å². The summed E-state index contributed by atoms with van der Waals surface area (Å²) in [6, 6.07) is 28.0. The van der Waals surface area contributed by atoms with Crippen LogP contribution in [0.2, 0.25) is 10.0 Å². The van der Waals surface area contributed by atoms with Gasteiger partial charge in [-0.3, -0.25) is 13.9 Å². The van der Waals surface area contributed by atoms with Gasteiger partial charge in [0, 0.05) is 19.0 Å². The van der Waals surface area contributed by atoms with Gasteiger partial charge in [-0.05, 0) is 72.5 Å². The number of benzene rings is 4. The van der Waals surface area contributed by atoms with Crippen LogP contribution in [0.15, 0.2) is 108 Å². The summed E-state index contributed by atoms with van der Waals surface area (Å²) in [4.78, 5) is 30.3. The van der Waals surface area contributed by atoms with Gasteiger partial charge in [0.25, 0.3) is 10.0 Å². The zero-order chi connectivity index (χ0) is 34.1. The number of hydrogen-bond donors (Lipinski definition) is 1. The summed E-state index contributed by atoms with van der Waals surface area (Å²) in [5.41, 5.74) is 1.81. The molecule has 4 aromatic rings. The minimum atomic E-state index is -4.23. The molecule has 1 aliphatic rings. The number of amides is 2. The smallest absolute Gasteiger partial charge is 0.264 e. The first-order valence-corrected chi connectivity index (χ1v) is 18.1. The quantitative estimate of drug-likeness (QED) is 0.158. The van der Waals surface area contributed by atoms with Crippen LogP contribution in [0.1, 0.15) is 43.2 Å². The number of ether oxygens (including phenoxy) is 1. The third-order valence-corrected chi connectivity index (χ3v) is 11.1. The molecule has 0 aromatic heterocycles. The number of carbonyl (C=O) groups excluding carboxylic acids is 2. The molecule has 1 atom stereocenters. The van der Waals surface area contributed by atoms with Crippen LogP contribution < -0.4 is 14.4 Å². The highest BCUT2D eigenvalue weighted by atomic mass is 35.5. The summed E-state index contributed by atoms with van der Waals surface area (Å²) in [7, 11) is -2.73. The number of halogens is 2. The number of para-hydroxylation sites is 1. The Hall–Kier alpha value is -4.05. The number of nitrogens with one attached hydrogen (secondary N) is 1. The Morgan fingerprint density at radius 1 is 0.833 bits per heavy atom. The number of hydrogen-bond acceptors (Lipinski definition) is 5. The van der Waals surface area contributed by atoms with E-state index in [2.05, 4.69) is 5.32 Å². The first-order chi connectivity index (χ1) is 23.2. The highest BCUT2D eigenvalue weighted by Crippen LogP contribution is 2.28. The fourth-order valence-corrected chi connectivity index (χ4v) is 7.67. The summed E-state index contributed by atoms with van der Waals surface area (Å²) in [5.74, 6) is -0.345. The molecular formula is C37H39Cl2N3O5S. The van der Waals surface area contributed by atoms with Crippen molar-refractivity contribution in [2.75, 3.05) is 18.0 Å².